The van der Waals surface area contributed by atoms with Crippen LogP contribution in [0.5, 0.6) is 0 Å². The highest BCUT2D eigenvalue weighted by Crippen LogP contribution is 2.46. The molecule has 2 atom stereocenters. The Morgan fingerprint density at radius 1 is 1.45 bits per heavy atom. The average Bonchev–Trinajstić information content (AvgIpc) is 2.45. The smallest absolute Gasteiger partial charge is 0.328 e. The molecule has 0 fully saturated rings. The van der Waals surface area contributed by atoms with Crippen LogP contribution in [0, 0.1) is 6.92 Å². The van der Waals surface area contributed by atoms with Gasteiger partial charge >= 0.3 is 5.97 Å². The third kappa shape index (κ3) is 2.86. The molecule has 3 nitrogen and oxygen atoms in total. The van der Waals surface area contributed by atoms with E-state index in [1.807, 2.05) is 0 Å². The van der Waals surface area contributed by atoms with Crippen LogP contribution in [0.2, 0.25) is 0 Å². The van der Waals surface area contributed by atoms with Crippen LogP contribution in [0.3, 0.4) is 0 Å². The zero-order chi connectivity index (χ0) is 16.5. The summed E-state index contributed by atoms with van der Waals surface area (Å²) in [6.45, 7) is 11.0. The van der Waals surface area contributed by atoms with Crippen LogP contribution in [-0.4, -0.2) is 24.7 Å². The monoisotopic (exact) mass is 303 g/mol. The molecular weight excluding hydrogens is 274 g/mol. The predicted octanol–water partition coefficient (Wildman–Crippen LogP) is 4.43. The van der Waals surface area contributed by atoms with Gasteiger partial charge in [-0.2, -0.15) is 0 Å². The van der Waals surface area contributed by atoms with Crippen molar-refractivity contribution in [3.05, 3.63) is 29.3 Å². The second-order valence-electron chi connectivity index (χ2n) is 7.13. The van der Waals surface area contributed by atoms with Crippen molar-refractivity contribution in [3.63, 3.8) is 0 Å². The molecule has 1 heterocycles. The highest BCUT2D eigenvalue weighted by Gasteiger charge is 2.43. The van der Waals surface area contributed by atoms with Crippen molar-refractivity contribution < 1.29 is 9.53 Å². The third-order valence-corrected chi connectivity index (χ3v) is 4.85. The lowest BCUT2D eigenvalue weighted by atomic mass is 9.78. The maximum absolute atomic E-state index is 12.4. The molecular formula is C19H29NO2. The van der Waals surface area contributed by atoms with Gasteiger partial charge in [-0.15, -0.1) is 0 Å². The Hall–Kier alpha value is -1.51. The van der Waals surface area contributed by atoms with E-state index in [1.54, 1.807) is 0 Å². The molecule has 0 amide bonds. The number of nitrogens with zero attached hydrogens (tertiary/aromatic N) is 1. The van der Waals surface area contributed by atoms with Crippen molar-refractivity contribution in [2.24, 2.45) is 0 Å². The van der Waals surface area contributed by atoms with Crippen molar-refractivity contribution in [1.29, 1.82) is 0 Å². The molecule has 22 heavy (non-hydrogen) atoms. The standard InChI is InChI=1S/C19H29NO2/c1-7-9-16(18(21)22-6)20-17-13(2)10-8-11-15(17)14(3)12-19(20,4)5/h8,10-11,14,16H,7,9,12H2,1-6H3/t14-,16+/m1/s1. The molecule has 3 heteroatoms. The number of benzene rings is 1. The zero-order valence-corrected chi connectivity index (χ0v) is 14.8. The molecule has 0 bridgehead atoms. The van der Waals surface area contributed by atoms with Crippen molar-refractivity contribution >= 4 is 11.7 Å². The zero-order valence-electron chi connectivity index (χ0n) is 14.8. The number of esters is 1. The Morgan fingerprint density at radius 2 is 2.14 bits per heavy atom. The molecule has 1 aromatic carbocycles. The minimum Gasteiger partial charge on any atom is -0.467 e. The molecule has 1 aliphatic rings. The first-order chi connectivity index (χ1) is 10.3. The summed E-state index contributed by atoms with van der Waals surface area (Å²) >= 11 is 0. The summed E-state index contributed by atoms with van der Waals surface area (Å²) in [7, 11) is 1.49. The first-order valence-corrected chi connectivity index (χ1v) is 8.30. The van der Waals surface area contributed by atoms with Gasteiger partial charge in [-0.05, 0) is 50.7 Å². The SMILES string of the molecule is CCC[C@@H](C(=O)OC)N1c2c(C)cccc2[C@H](C)CC1(C)C. The summed E-state index contributed by atoms with van der Waals surface area (Å²) in [5.74, 6) is 0.375. The Kier molecular flexibility index (Phi) is 4.84. The lowest BCUT2D eigenvalue weighted by molar-refractivity contribution is -0.142. The van der Waals surface area contributed by atoms with Crippen LogP contribution in [-0.2, 0) is 9.53 Å². The van der Waals surface area contributed by atoms with Crippen LogP contribution >= 0.6 is 0 Å². The van der Waals surface area contributed by atoms with Gasteiger partial charge in [0.1, 0.15) is 6.04 Å². The fraction of sp³-hybridized carbons (Fsp3) is 0.632. The van der Waals surface area contributed by atoms with Crippen molar-refractivity contribution in [2.45, 2.75) is 71.4 Å². The van der Waals surface area contributed by atoms with Gasteiger partial charge < -0.3 is 9.64 Å². The molecule has 0 aliphatic carbocycles. The number of anilines is 1. The largest absolute Gasteiger partial charge is 0.467 e. The summed E-state index contributed by atoms with van der Waals surface area (Å²) in [5, 5.41) is 0. The maximum Gasteiger partial charge on any atom is 0.328 e. The average molecular weight is 303 g/mol. The summed E-state index contributed by atoms with van der Waals surface area (Å²) in [5.41, 5.74) is 3.76. The minimum absolute atomic E-state index is 0.0629. The van der Waals surface area contributed by atoms with Crippen LogP contribution in [0.15, 0.2) is 18.2 Å². The van der Waals surface area contributed by atoms with Crippen LogP contribution < -0.4 is 4.90 Å². The van der Waals surface area contributed by atoms with Gasteiger partial charge in [-0.25, -0.2) is 4.79 Å². The van der Waals surface area contributed by atoms with Crippen molar-refractivity contribution in [2.75, 3.05) is 12.0 Å². The predicted molar refractivity (Wildman–Crippen MR) is 91.5 cm³/mol. The lowest BCUT2D eigenvalue weighted by Crippen LogP contribution is -2.56. The van der Waals surface area contributed by atoms with Gasteiger partial charge in [0.15, 0.2) is 0 Å². The van der Waals surface area contributed by atoms with E-state index in [9.17, 15) is 4.79 Å². The summed E-state index contributed by atoms with van der Waals surface area (Å²) in [6, 6.07) is 6.25. The van der Waals surface area contributed by atoms with Crippen molar-refractivity contribution in [1.82, 2.24) is 0 Å². The van der Waals surface area contributed by atoms with E-state index in [4.69, 9.17) is 4.74 Å². The molecule has 0 radical (unpaired) electrons. The molecule has 0 saturated carbocycles. The molecule has 0 N–H and O–H groups in total. The second-order valence-corrected chi connectivity index (χ2v) is 7.13. The van der Waals surface area contributed by atoms with Gasteiger partial charge in [-0.3, -0.25) is 0 Å². The maximum atomic E-state index is 12.4. The van der Waals surface area contributed by atoms with Gasteiger partial charge in [0.2, 0.25) is 0 Å². The highest BCUT2D eigenvalue weighted by molar-refractivity contribution is 5.82. The Bertz CT molecular complexity index is 550. The first kappa shape index (κ1) is 16.9. The van der Waals surface area contributed by atoms with Crippen molar-refractivity contribution in [3.8, 4) is 0 Å². The molecule has 2 rings (SSSR count). The number of rotatable bonds is 4. The fourth-order valence-electron chi connectivity index (χ4n) is 4.01. The van der Waals surface area contributed by atoms with Gasteiger partial charge in [0, 0.05) is 11.2 Å². The highest BCUT2D eigenvalue weighted by atomic mass is 16.5. The first-order valence-electron chi connectivity index (χ1n) is 8.30. The van der Waals surface area contributed by atoms with E-state index in [-0.39, 0.29) is 17.6 Å². The van der Waals surface area contributed by atoms with Gasteiger partial charge in [0.25, 0.3) is 0 Å². The van der Waals surface area contributed by atoms with Gasteiger partial charge in [0.05, 0.1) is 7.11 Å². The number of para-hydroxylation sites is 1. The van der Waals surface area contributed by atoms with E-state index < -0.39 is 0 Å². The summed E-state index contributed by atoms with van der Waals surface area (Å²) in [4.78, 5) is 14.8. The van der Waals surface area contributed by atoms with Gasteiger partial charge in [-0.1, -0.05) is 38.5 Å². The van der Waals surface area contributed by atoms with Crippen LogP contribution in [0.4, 0.5) is 5.69 Å². The van der Waals surface area contributed by atoms with E-state index in [0.29, 0.717) is 5.92 Å². The quantitative estimate of drug-likeness (QED) is 0.771. The number of carbonyl (C=O) groups is 1. The van der Waals surface area contributed by atoms with E-state index >= 15 is 0 Å². The van der Waals surface area contributed by atoms with E-state index in [2.05, 4.69) is 57.7 Å². The molecule has 0 spiro atoms. The number of fused-ring (bicyclic) bond motifs is 1. The molecule has 0 saturated heterocycles. The summed E-state index contributed by atoms with van der Waals surface area (Å²) in [6.07, 6.45) is 2.82. The number of hydrogen-bond donors (Lipinski definition) is 0. The number of ether oxygens (including phenoxy) is 1. The summed E-state index contributed by atoms with van der Waals surface area (Å²) < 4.78 is 5.11. The number of carbonyl (C=O) groups excluding carboxylic acids is 1. The third-order valence-electron chi connectivity index (χ3n) is 4.85. The lowest BCUT2D eigenvalue weighted by Gasteiger charge is -2.51. The number of methoxy groups -OCH3 is 1. The Labute approximate surface area is 134 Å². The Balaban J connectivity index is 2.61. The Morgan fingerprint density at radius 3 is 2.73 bits per heavy atom. The second kappa shape index (κ2) is 6.31. The number of hydrogen-bond acceptors (Lipinski definition) is 3. The molecule has 0 aromatic heterocycles. The van der Waals surface area contributed by atoms with Crippen LogP contribution in [0.25, 0.3) is 0 Å². The molecule has 1 aliphatic heterocycles. The number of aryl methyl sites for hydroxylation is 1. The minimum atomic E-state index is -0.211. The van der Waals surface area contributed by atoms with E-state index in [0.717, 1.165) is 19.3 Å². The molecule has 0 unspecified atom stereocenters. The molecule has 122 valence electrons. The normalized spacial score (nSPS) is 21.2. The topological polar surface area (TPSA) is 29.5 Å². The molecule has 1 aromatic rings. The fourth-order valence-corrected chi connectivity index (χ4v) is 4.01. The van der Waals surface area contributed by atoms with Crippen LogP contribution in [0.1, 0.15) is 64.0 Å². The van der Waals surface area contributed by atoms with E-state index in [1.165, 1.54) is 23.9 Å².